The summed E-state index contributed by atoms with van der Waals surface area (Å²) in [6, 6.07) is 8.61. The van der Waals surface area contributed by atoms with Gasteiger partial charge in [-0.15, -0.1) is 0 Å². The Hall–Kier alpha value is -1.81. The highest BCUT2D eigenvalue weighted by Crippen LogP contribution is 2.28. The molecule has 0 radical (unpaired) electrons. The van der Waals surface area contributed by atoms with Crippen LogP contribution in [0.3, 0.4) is 0 Å². The number of aryl methyl sites for hydroxylation is 2. The molecule has 1 unspecified atom stereocenters. The molecule has 0 bridgehead atoms. The molecular weight excluding hydrogens is 262 g/mol. The fraction of sp³-hybridized carbons (Fsp3) is 0.471. The number of hydrogen-bond donors (Lipinski definition) is 1. The maximum absolute atomic E-state index is 5.76. The zero-order valence-corrected chi connectivity index (χ0v) is 13.2. The molecule has 1 heterocycles. The Balaban J connectivity index is 2.10. The third-order valence-corrected chi connectivity index (χ3v) is 3.52. The number of ether oxygens (including phenoxy) is 1. The highest BCUT2D eigenvalue weighted by Gasteiger charge is 2.15. The van der Waals surface area contributed by atoms with Gasteiger partial charge in [0.15, 0.2) is 0 Å². The molecule has 0 aliphatic carbocycles. The maximum atomic E-state index is 5.76. The van der Waals surface area contributed by atoms with E-state index in [-0.39, 0.29) is 0 Å². The second-order valence-electron chi connectivity index (χ2n) is 5.14. The van der Waals surface area contributed by atoms with E-state index in [1.54, 1.807) is 0 Å². The van der Waals surface area contributed by atoms with E-state index in [1.165, 1.54) is 11.1 Å². The summed E-state index contributed by atoms with van der Waals surface area (Å²) in [5.41, 5.74) is 2.51. The van der Waals surface area contributed by atoms with Gasteiger partial charge in [0.05, 0.1) is 12.8 Å². The minimum Gasteiger partial charge on any atom is -0.494 e. The fourth-order valence-corrected chi connectivity index (χ4v) is 2.58. The van der Waals surface area contributed by atoms with E-state index in [9.17, 15) is 0 Å². The van der Waals surface area contributed by atoms with E-state index in [0.29, 0.717) is 12.6 Å². The molecule has 1 aromatic heterocycles. The van der Waals surface area contributed by atoms with Crippen LogP contribution in [0.25, 0.3) is 0 Å². The topological polar surface area (TPSA) is 39.1 Å². The first kappa shape index (κ1) is 15.6. The van der Waals surface area contributed by atoms with Crippen LogP contribution < -0.4 is 10.1 Å². The molecular formula is C17H25N3O. The molecule has 114 valence electrons. The molecule has 1 N–H and O–H groups in total. The quantitative estimate of drug-likeness (QED) is 0.811. The highest BCUT2D eigenvalue weighted by atomic mass is 16.5. The zero-order chi connectivity index (χ0) is 15.1. The summed E-state index contributed by atoms with van der Waals surface area (Å²) < 4.78 is 7.62. The number of aromatic nitrogens is 2. The SMILES string of the molecule is CCNC(CCc1cnn(C)c1)c1ccccc1OCC. The average molecular weight is 287 g/mol. The minimum absolute atomic E-state index is 0.304. The molecule has 1 aromatic carbocycles. The van der Waals surface area contributed by atoms with Gasteiger partial charge in [-0.1, -0.05) is 25.1 Å². The minimum atomic E-state index is 0.304. The molecule has 0 spiro atoms. The summed E-state index contributed by atoms with van der Waals surface area (Å²) in [6.07, 6.45) is 6.06. The van der Waals surface area contributed by atoms with Crippen LogP contribution in [-0.4, -0.2) is 22.9 Å². The normalized spacial score (nSPS) is 12.3. The molecule has 2 rings (SSSR count). The second-order valence-corrected chi connectivity index (χ2v) is 5.14. The van der Waals surface area contributed by atoms with Crippen molar-refractivity contribution in [3.63, 3.8) is 0 Å². The lowest BCUT2D eigenvalue weighted by Gasteiger charge is -2.21. The summed E-state index contributed by atoms with van der Waals surface area (Å²) in [7, 11) is 1.95. The summed E-state index contributed by atoms with van der Waals surface area (Å²) >= 11 is 0. The van der Waals surface area contributed by atoms with Crippen molar-refractivity contribution in [1.29, 1.82) is 0 Å². The van der Waals surface area contributed by atoms with Crippen molar-refractivity contribution in [1.82, 2.24) is 15.1 Å². The standard InChI is InChI=1S/C17H25N3O/c1-4-18-16(11-10-14-12-19-20(3)13-14)15-8-6-7-9-17(15)21-5-2/h6-9,12-13,16,18H,4-5,10-11H2,1-3H3. The van der Waals surface area contributed by atoms with Crippen molar-refractivity contribution in [2.45, 2.75) is 32.7 Å². The lowest BCUT2D eigenvalue weighted by molar-refractivity contribution is 0.330. The maximum Gasteiger partial charge on any atom is 0.124 e. The van der Waals surface area contributed by atoms with E-state index >= 15 is 0 Å². The summed E-state index contributed by atoms with van der Waals surface area (Å²) in [4.78, 5) is 0. The van der Waals surface area contributed by atoms with Crippen LogP contribution >= 0.6 is 0 Å². The number of para-hydroxylation sites is 1. The van der Waals surface area contributed by atoms with Crippen molar-refractivity contribution in [3.05, 3.63) is 47.8 Å². The molecule has 0 saturated carbocycles. The van der Waals surface area contributed by atoms with Crippen LogP contribution in [0.1, 0.15) is 37.4 Å². The number of rotatable bonds is 8. The molecule has 1 atom stereocenters. The van der Waals surface area contributed by atoms with Gasteiger partial charge in [0.25, 0.3) is 0 Å². The van der Waals surface area contributed by atoms with Crippen LogP contribution in [0.15, 0.2) is 36.7 Å². The summed E-state index contributed by atoms with van der Waals surface area (Å²) in [6.45, 7) is 5.80. The Bertz CT molecular complexity index is 550. The summed E-state index contributed by atoms with van der Waals surface area (Å²) in [5.74, 6) is 0.983. The highest BCUT2D eigenvalue weighted by molar-refractivity contribution is 5.36. The van der Waals surface area contributed by atoms with Gasteiger partial charge in [0, 0.05) is 24.8 Å². The van der Waals surface area contributed by atoms with Gasteiger partial charge in [-0.3, -0.25) is 4.68 Å². The van der Waals surface area contributed by atoms with Gasteiger partial charge in [-0.2, -0.15) is 5.10 Å². The van der Waals surface area contributed by atoms with Gasteiger partial charge in [-0.05, 0) is 37.9 Å². The van der Waals surface area contributed by atoms with Crippen molar-refractivity contribution in [3.8, 4) is 5.75 Å². The van der Waals surface area contributed by atoms with E-state index < -0.39 is 0 Å². The molecule has 2 aromatic rings. The number of nitrogens with zero attached hydrogens (tertiary/aromatic N) is 2. The second kappa shape index (κ2) is 7.84. The van der Waals surface area contributed by atoms with Gasteiger partial charge < -0.3 is 10.1 Å². The van der Waals surface area contributed by atoms with Crippen molar-refractivity contribution < 1.29 is 4.74 Å². The first-order valence-electron chi connectivity index (χ1n) is 7.67. The van der Waals surface area contributed by atoms with Crippen LogP contribution in [0.4, 0.5) is 0 Å². The predicted molar refractivity (Wildman–Crippen MR) is 85.6 cm³/mol. The third kappa shape index (κ3) is 4.33. The molecule has 4 heteroatoms. The van der Waals surface area contributed by atoms with E-state index in [4.69, 9.17) is 4.74 Å². The number of nitrogens with one attached hydrogen (secondary N) is 1. The Morgan fingerprint density at radius 1 is 1.29 bits per heavy atom. The van der Waals surface area contributed by atoms with Crippen LogP contribution in [0, 0.1) is 0 Å². The van der Waals surface area contributed by atoms with Crippen LogP contribution in [-0.2, 0) is 13.5 Å². The monoisotopic (exact) mass is 287 g/mol. The van der Waals surface area contributed by atoms with Crippen LogP contribution in [0.2, 0.25) is 0 Å². The summed E-state index contributed by atoms with van der Waals surface area (Å²) in [5, 5.41) is 7.80. The molecule has 0 amide bonds. The van der Waals surface area contributed by atoms with Gasteiger partial charge >= 0.3 is 0 Å². The number of benzene rings is 1. The molecule has 0 aliphatic heterocycles. The Kier molecular flexibility index (Phi) is 5.81. The third-order valence-electron chi connectivity index (χ3n) is 3.52. The predicted octanol–water partition coefficient (Wildman–Crippen LogP) is 3.10. The van der Waals surface area contributed by atoms with Crippen LogP contribution in [0.5, 0.6) is 5.75 Å². The van der Waals surface area contributed by atoms with Gasteiger partial charge in [0.2, 0.25) is 0 Å². The first-order chi connectivity index (χ1) is 10.2. The van der Waals surface area contributed by atoms with Gasteiger partial charge in [-0.25, -0.2) is 0 Å². The molecule has 4 nitrogen and oxygen atoms in total. The first-order valence-corrected chi connectivity index (χ1v) is 7.67. The molecule has 0 fully saturated rings. The van der Waals surface area contributed by atoms with E-state index in [1.807, 2.05) is 37.0 Å². The van der Waals surface area contributed by atoms with Crippen molar-refractivity contribution >= 4 is 0 Å². The largest absolute Gasteiger partial charge is 0.494 e. The molecule has 21 heavy (non-hydrogen) atoms. The number of hydrogen-bond acceptors (Lipinski definition) is 3. The Morgan fingerprint density at radius 3 is 2.76 bits per heavy atom. The lowest BCUT2D eigenvalue weighted by Crippen LogP contribution is -2.22. The van der Waals surface area contributed by atoms with Crippen molar-refractivity contribution in [2.24, 2.45) is 7.05 Å². The fourth-order valence-electron chi connectivity index (χ4n) is 2.58. The van der Waals surface area contributed by atoms with E-state index in [0.717, 1.165) is 25.1 Å². The van der Waals surface area contributed by atoms with Gasteiger partial charge in [0.1, 0.15) is 5.75 Å². The van der Waals surface area contributed by atoms with Crippen molar-refractivity contribution in [2.75, 3.05) is 13.2 Å². The lowest BCUT2D eigenvalue weighted by atomic mass is 9.99. The molecule has 0 saturated heterocycles. The Labute approximate surface area is 127 Å². The average Bonchev–Trinajstić information content (AvgIpc) is 2.90. The molecule has 0 aliphatic rings. The Morgan fingerprint density at radius 2 is 2.10 bits per heavy atom. The smallest absolute Gasteiger partial charge is 0.124 e. The van der Waals surface area contributed by atoms with E-state index in [2.05, 4.69) is 35.7 Å². The zero-order valence-electron chi connectivity index (χ0n) is 13.2.